The number of nitrogens with zero attached hydrogens (tertiary/aromatic N) is 2. The van der Waals surface area contributed by atoms with E-state index >= 15 is 0 Å². The molecule has 0 amide bonds. The Labute approximate surface area is 131 Å². The van der Waals surface area contributed by atoms with E-state index in [9.17, 15) is 9.18 Å². The molecule has 1 aliphatic rings. The molecule has 1 aliphatic heterocycles. The highest BCUT2D eigenvalue weighted by Gasteiger charge is 2.18. The van der Waals surface area contributed by atoms with E-state index in [2.05, 4.69) is 15.3 Å². The Morgan fingerprint density at radius 2 is 2.05 bits per heavy atom. The van der Waals surface area contributed by atoms with Gasteiger partial charge in [-0.25, -0.2) is 4.39 Å². The van der Waals surface area contributed by atoms with Crippen molar-refractivity contribution in [1.29, 1.82) is 0 Å². The zero-order valence-electron chi connectivity index (χ0n) is 11.7. The highest BCUT2D eigenvalue weighted by Crippen LogP contribution is 2.29. The van der Waals surface area contributed by atoms with Gasteiger partial charge in [-0.15, -0.1) is 0 Å². The predicted octanol–water partition coefficient (Wildman–Crippen LogP) is 1.22. The summed E-state index contributed by atoms with van der Waals surface area (Å²) in [7, 11) is 0. The Hall–Kier alpha value is -2.12. The minimum atomic E-state index is -0.478. The maximum absolute atomic E-state index is 13.1. The van der Waals surface area contributed by atoms with E-state index < -0.39 is 11.4 Å². The summed E-state index contributed by atoms with van der Waals surface area (Å²) >= 11 is 6.00. The number of nitrogens with two attached hydrogens (primary N) is 1. The number of H-pyrrole nitrogens is 1. The van der Waals surface area contributed by atoms with Gasteiger partial charge in [0.25, 0.3) is 5.56 Å². The Morgan fingerprint density at radius 1 is 1.32 bits per heavy atom. The van der Waals surface area contributed by atoms with Gasteiger partial charge in [-0.2, -0.15) is 4.98 Å². The van der Waals surface area contributed by atoms with Gasteiger partial charge in [0.2, 0.25) is 5.95 Å². The minimum absolute atomic E-state index is 0.0748. The Bertz CT molecular complexity index is 757. The molecule has 4 N–H and O–H groups in total. The van der Waals surface area contributed by atoms with Crippen molar-refractivity contribution in [1.82, 2.24) is 15.3 Å². The zero-order chi connectivity index (χ0) is 15.7. The van der Waals surface area contributed by atoms with Crippen molar-refractivity contribution in [3.63, 3.8) is 0 Å². The van der Waals surface area contributed by atoms with Crippen LogP contribution >= 0.6 is 11.6 Å². The molecule has 8 heteroatoms. The average molecular weight is 324 g/mol. The molecule has 0 unspecified atom stereocenters. The summed E-state index contributed by atoms with van der Waals surface area (Å²) in [5, 5.41) is 3.34. The molecule has 22 heavy (non-hydrogen) atoms. The molecular weight excluding hydrogens is 309 g/mol. The fourth-order valence-corrected chi connectivity index (χ4v) is 2.72. The van der Waals surface area contributed by atoms with Crippen LogP contribution in [0.1, 0.15) is 0 Å². The number of benzene rings is 1. The fourth-order valence-electron chi connectivity index (χ4n) is 2.46. The number of hydrogen-bond acceptors (Lipinski definition) is 5. The number of hydrogen-bond donors (Lipinski definition) is 3. The molecular formula is C14H15ClFN5O. The van der Waals surface area contributed by atoms with Gasteiger partial charge in [-0.1, -0.05) is 11.6 Å². The van der Waals surface area contributed by atoms with E-state index in [1.54, 1.807) is 0 Å². The molecule has 1 aromatic heterocycles. The zero-order valence-corrected chi connectivity index (χ0v) is 12.5. The van der Waals surface area contributed by atoms with Crippen LogP contribution in [0.4, 0.5) is 16.2 Å². The summed E-state index contributed by atoms with van der Waals surface area (Å²) in [6, 6.07) is 3.79. The van der Waals surface area contributed by atoms with Gasteiger partial charge in [0.15, 0.2) is 0 Å². The van der Waals surface area contributed by atoms with E-state index in [4.69, 9.17) is 17.3 Å². The maximum Gasteiger partial charge on any atom is 0.262 e. The summed E-state index contributed by atoms with van der Waals surface area (Å²) < 4.78 is 13.1. The molecule has 2 heterocycles. The van der Waals surface area contributed by atoms with Crippen molar-refractivity contribution in [3.8, 4) is 11.1 Å². The van der Waals surface area contributed by atoms with E-state index in [-0.39, 0.29) is 16.4 Å². The lowest BCUT2D eigenvalue weighted by Crippen LogP contribution is -2.44. The third-order valence-electron chi connectivity index (χ3n) is 3.55. The molecule has 0 spiro atoms. The fraction of sp³-hybridized carbons (Fsp3) is 0.286. The van der Waals surface area contributed by atoms with Crippen LogP contribution in [0.5, 0.6) is 0 Å². The monoisotopic (exact) mass is 323 g/mol. The second-order valence-corrected chi connectivity index (χ2v) is 5.42. The molecule has 0 bridgehead atoms. The van der Waals surface area contributed by atoms with Crippen LogP contribution in [0.25, 0.3) is 11.1 Å². The number of piperazine rings is 1. The molecule has 1 fully saturated rings. The quantitative estimate of drug-likeness (QED) is 0.773. The number of aromatic amines is 1. The number of halogens is 2. The van der Waals surface area contributed by atoms with Gasteiger partial charge < -0.3 is 16.0 Å². The number of aromatic nitrogens is 2. The molecule has 0 saturated carbocycles. The van der Waals surface area contributed by atoms with E-state index in [1.807, 2.05) is 4.90 Å². The predicted molar refractivity (Wildman–Crippen MR) is 84.8 cm³/mol. The lowest BCUT2D eigenvalue weighted by atomic mass is 10.1. The minimum Gasteiger partial charge on any atom is -0.383 e. The Balaban J connectivity index is 2.04. The largest absolute Gasteiger partial charge is 0.383 e. The average Bonchev–Trinajstić information content (AvgIpc) is 2.49. The van der Waals surface area contributed by atoms with Crippen molar-refractivity contribution in [3.05, 3.63) is 39.4 Å². The lowest BCUT2D eigenvalue weighted by Gasteiger charge is -2.28. The van der Waals surface area contributed by atoms with Crippen molar-refractivity contribution < 1.29 is 4.39 Å². The summed E-state index contributed by atoms with van der Waals surface area (Å²) in [4.78, 5) is 21.3. The summed E-state index contributed by atoms with van der Waals surface area (Å²) in [6.07, 6.45) is 0. The smallest absolute Gasteiger partial charge is 0.262 e. The second kappa shape index (κ2) is 5.94. The van der Waals surface area contributed by atoms with Gasteiger partial charge in [0, 0.05) is 31.7 Å². The third kappa shape index (κ3) is 2.77. The molecule has 0 aliphatic carbocycles. The van der Waals surface area contributed by atoms with Crippen molar-refractivity contribution in [2.75, 3.05) is 36.8 Å². The van der Waals surface area contributed by atoms with Crippen molar-refractivity contribution in [2.45, 2.75) is 0 Å². The summed E-state index contributed by atoms with van der Waals surface area (Å²) in [5.41, 5.74) is 6.07. The van der Waals surface area contributed by atoms with Gasteiger partial charge >= 0.3 is 0 Å². The SMILES string of the molecule is Nc1nc(N2CCNCC2)[nH]c(=O)c1-c1ccc(F)cc1Cl. The maximum atomic E-state index is 13.1. The number of nitrogens with one attached hydrogen (secondary N) is 2. The van der Waals surface area contributed by atoms with Crippen LogP contribution in [-0.2, 0) is 0 Å². The van der Waals surface area contributed by atoms with Gasteiger partial charge in [0.05, 0.1) is 10.6 Å². The lowest BCUT2D eigenvalue weighted by molar-refractivity contribution is 0.579. The van der Waals surface area contributed by atoms with Crippen LogP contribution in [0, 0.1) is 5.82 Å². The molecule has 1 saturated heterocycles. The standard InChI is InChI=1S/C14H15ClFN5O/c15-10-7-8(16)1-2-9(10)11-12(17)19-14(20-13(11)22)21-5-3-18-4-6-21/h1-2,7,18H,3-6H2,(H3,17,19,20,22). The Kier molecular flexibility index (Phi) is 4.00. The summed E-state index contributed by atoms with van der Waals surface area (Å²) in [6.45, 7) is 3.10. The first-order valence-corrected chi connectivity index (χ1v) is 7.25. The highest BCUT2D eigenvalue weighted by atomic mass is 35.5. The number of anilines is 2. The van der Waals surface area contributed by atoms with E-state index in [1.165, 1.54) is 12.1 Å². The van der Waals surface area contributed by atoms with Crippen molar-refractivity contribution in [2.24, 2.45) is 0 Å². The third-order valence-corrected chi connectivity index (χ3v) is 3.86. The van der Waals surface area contributed by atoms with Crippen LogP contribution in [0.15, 0.2) is 23.0 Å². The molecule has 0 radical (unpaired) electrons. The number of nitrogen functional groups attached to an aromatic ring is 1. The molecule has 3 rings (SSSR count). The van der Waals surface area contributed by atoms with Crippen LogP contribution in [-0.4, -0.2) is 36.1 Å². The van der Waals surface area contributed by atoms with E-state index in [0.29, 0.717) is 11.5 Å². The topological polar surface area (TPSA) is 87.0 Å². The van der Waals surface area contributed by atoms with Crippen molar-refractivity contribution >= 4 is 23.4 Å². The van der Waals surface area contributed by atoms with Crippen LogP contribution in [0.2, 0.25) is 5.02 Å². The second-order valence-electron chi connectivity index (χ2n) is 5.01. The van der Waals surface area contributed by atoms with Crippen LogP contribution < -0.4 is 21.5 Å². The molecule has 6 nitrogen and oxygen atoms in total. The number of rotatable bonds is 2. The van der Waals surface area contributed by atoms with Gasteiger partial charge in [-0.3, -0.25) is 9.78 Å². The molecule has 0 atom stereocenters. The molecule has 2 aromatic rings. The first kappa shape index (κ1) is 14.8. The van der Waals surface area contributed by atoms with Gasteiger partial charge in [-0.05, 0) is 18.2 Å². The van der Waals surface area contributed by atoms with E-state index in [0.717, 1.165) is 32.2 Å². The molecule has 1 aromatic carbocycles. The molecule has 116 valence electrons. The van der Waals surface area contributed by atoms with Crippen LogP contribution in [0.3, 0.4) is 0 Å². The normalized spacial score (nSPS) is 15.1. The van der Waals surface area contributed by atoms with Gasteiger partial charge in [0.1, 0.15) is 11.6 Å². The first-order chi connectivity index (χ1) is 10.6. The highest BCUT2D eigenvalue weighted by molar-refractivity contribution is 6.33. The first-order valence-electron chi connectivity index (χ1n) is 6.87. The Morgan fingerprint density at radius 3 is 2.68 bits per heavy atom. The summed E-state index contributed by atoms with van der Waals surface area (Å²) in [5.74, 6) is 0.0333.